The highest BCUT2D eigenvalue weighted by molar-refractivity contribution is 4.89. The minimum Gasteiger partial charge on any atom is -0.388 e. The van der Waals surface area contributed by atoms with E-state index in [0.717, 1.165) is 13.1 Å². The number of nitrogens with zero attached hydrogens (tertiary/aromatic N) is 1. The molecule has 0 amide bonds. The van der Waals surface area contributed by atoms with Gasteiger partial charge in [0.25, 0.3) is 0 Å². The Hall–Kier alpha value is -0.380. The van der Waals surface area contributed by atoms with Crippen LogP contribution in [0.2, 0.25) is 0 Å². The van der Waals surface area contributed by atoms with Gasteiger partial charge in [0.05, 0.1) is 5.60 Å². The molecule has 2 N–H and O–H groups in total. The van der Waals surface area contributed by atoms with Crippen molar-refractivity contribution >= 4 is 0 Å². The summed E-state index contributed by atoms with van der Waals surface area (Å²) < 4.78 is 0. The molecule has 0 aromatic rings. The molecule has 76 valence electrons. The molecule has 1 fully saturated rings. The average molecular weight is 184 g/mol. The Morgan fingerprint density at radius 2 is 2.46 bits per heavy atom. The lowest BCUT2D eigenvalue weighted by Gasteiger charge is -2.30. The Labute approximate surface area is 80.4 Å². The van der Waals surface area contributed by atoms with Crippen molar-refractivity contribution in [3.63, 3.8) is 0 Å². The molecule has 1 heterocycles. The van der Waals surface area contributed by atoms with Gasteiger partial charge in [-0.1, -0.05) is 6.08 Å². The third kappa shape index (κ3) is 3.10. The summed E-state index contributed by atoms with van der Waals surface area (Å²) >= 11 is 0. The SMILES string of the molecule is C=CCN1CC(C)(O)CNCC1C. The number of aliphatic hydroxyl groups is 1. The molecule has 0 spiro atoms. The van der Waals surface area contributed by atoms with Crippen LogP contribution >= 0.6 is 0 Å². The lowest BCUT2D eigenvalue weighted by atomic mass is 10.1. The summed E-state index contributed by atoms with van der Waals surface area (Å²) in [6, 6.07) is 0.465. The van der Waals surface area contributed by atoms with Gasteiger partial charge in [-0.3, -0.25) is 4.90 Å². The Morgan fingerprint density at radius 1 is 1.77 bits per heavy atom. The van der Waals surface area contributed by atoms with Gasteiger partial charge in [-0.25, -0.2) is 0 Å². The number of rotatable bonds is 2. The Kier molecular flexibility index (Phi) is 3.47. The van der Waals surface area contributed by atoms with E-state index < -0.39 is 5.60 Å². The Morgan fingerprint density at radius 3 is 3.08 bits per heavy atom. The summed E-state index contributed by atoms with van der Waals surface area (Å²) in [5.41, 5.74) is -0.617. The molecule has 0 radical (unpaired) electrons. The van der Waals surface area contributed by atoms with E-state index in [-0.39, 0.29) is 0 Å². The second-order valence-electron chi connectivity index (χ2n) is 4.19. The standard InChI is InChI=1S/C10H20N2O/c1-4-5-12-8-10(3,13)7-11-6-9(12)2/h4,9,11,13H,1,5-8H2,2-3H3. The first kappa shape index (κ1) is 10.7. The van der Waals surface area contributed by atoms with Crippen LogP contribution in [0.4, 0.5) is 0 Å². The van der Waals surface area contributed by atoms with Gasteiger partial charge >= 0.3 is 0 Å². The zero-order chi connectivity index (χ0) is 9.90. The minimum absolute atomic E-state index is 0.465. The van der Waals surface area contributed by atoms with Crippen molar-refractivity contribution in [1.82, 2.24) is 10.2 Å². The predicted octanol–water partition coefficient (Wildman–Crippen LogP) is 0.217. The van der Waals surface area contributed by atoms with E-state index in [1.165, 1.54) is 0 Å². The van der Waals surface area contributed by atoms with Gasteiger partial charge in [0, 0.05) is 32.2 Å². The van der Waals surface area contributed by atoms with E-state index in [1.807, 2.05) is 13.0 Å². The van der Waals surface area contributed by atoms with Crippen molar-refractivity contribution in [3.05, 3.63) is 12.7 Å². The van der Waals surface area contributed by atoms with Crippen LogP contribution in [-0.2, 0) is 0 Å². The number of hydrogen-bond acceptors (Lipinski definition) is 3. The van der Waals surface area contributed by atoms with Crippen LogP contribution < -0.4 is 5.32 Å². The summed E-state index contributed by atoms with van der Waals surface area (Å²) in [4.78, 5) is 2.24. The molecular weight excluding hydrogens is 164 g/mol. The number of β-amino-alcohol motifs (C(OH)–C–C–N with tert-alkyl or cyclic N) is 1. The van der Waals surface area contributed by atoms with E-state index in [1.54, 1.807) is 0 Å². The van der Waals surface area contributed by atoms with Crippen molar-refractivity contribution < 1.29 is 5.11 Å². The summed E-state index contributed by atoms with van der Waals surface area (Å²) in [6.07, 6.45) is 1.89. The number of nitrogens with one attached hydrogen (secondary N) is 1. The molecule has 2 unspecified atom stereocenters. The van der Waals surface area contributed by atoms with Gasteiger partial charge in [0.15, 0.2) is 0 Å². The van der Waals surface area contributed by atoms with Crippen molar-refractivity contribution in [1.29, 1.82) is 0 Å². The first-order valence-corrected chi connectivity index (χ1v) is 4.83. The molecule has 2 atom stereocenters. The molecule has 0 bridgehead atoms. The quantitative estimate of drug-likeness (QED) is 0.603. The summed E-state index contributed by atoms with van der Waals surface area (Å²) in [7, 11) is 0. The smallest absolute Gasteiger partial charge is 0.0869 e. The van der Waals surface area contributed by atoms with Gasteiger partial charge in [-0.2, -0.15) is 0 Å². The van der Waals surface area contributed by atoms with E-state index in [9.17, 15) is 5.11 Å². The van der Waals surface area contributed by atoms with Crippen molar-refractivity contribution in [3.8, 4) is 0 Å². The molecule has 13 heavy (non-hydrogen) atoms. The fourth-order valence-electron chi connectivity index (χ4n) is 1.74. The van der Waals surface area contributed by atoms with E-state index in [4.69, 9.17) is 0 Å². The van der Waals surface area contributed by atoms with Crippen molar-refractivity contribution in [2.75, 3.05) is 26.2 Å². The van der Waals surface area contributed by atoms with Gasteiger partial charge in [-0.15, -0.1) is 6.58 Å². The Bertz CT molecular complexity index is 180. The fraction of sp³-hybridized carbons (Fsp3) is 0.800. The molecule has 0 aromatic heterocycles. The molecule has 1 aliphatic heterocycles. The van der Waals surface area contributed by atoms with Crippen LogP contribution in [0.3, 0.4) is 0 Å². The maximum Gasteiger partial charge on any atom is 0.0869 e. The summed E-state index contributed by atoms with van der Waals surface area (Å²) in [6.45, 7) is 10.9. The largest absolute Gasteiger partial charge is 0.388 e. The molecule has 3 nitrogen and oxygen atoms in total. The fourth-order valence-corrected chi connectivity index (χ4v) is 1.74. The van der Waals surface area contributed by atoms with Crippen LogP contribution in [0.1, 0.15) is 13.8 Å². The zero-order valence-electron chi connectivity index (χ0n) is 8.58. The first-order valence-electron chi connectivity index (χ1n) is 4.83. The van der Waals surface area contributed by atoms with Crippen LogP contribution in [0.15, 0.2) is 12.7 Å². The van der Waals surface area contributed by atoms with Gasteiger partial charge < -0.3 is 10.4 Å². The highest BCUT2D eigenvalue weighted by Gasteiger charge is 2.28. The van der Waals surface area contributed by atoms with Gasteiger partial charge in [0.2, 0.25) is 0 Å². The van der Waals surface area contributed by atoms with E-state index in [2.05, 4.69) is 23.7 Å². The van der Waals surface area contributed by atoms with Crippen LogP contribution in [-0.4, -0.2) is 47.8 Å². The van der Waals surface area contributed by atoms with E-state index >= 15 is 0 Å². The molecule has 0 aromatic carbocycles. The average Bonchev–Trinajstić information content (AvgIpc) is 2.12. The molecule has 3 heteroatoms. The molecule has 1 aliphatic rings. The number of hydrogen-bond donors (Lipinski definition) is 2. The van der Waals surface area contributed by atoms with E-state index in [0.29, 0.717) is 19.1 Å². The second kappa shape index (κ2) is 4.22. The normalized spacial score (nSPS) is 37.0. The Balaban J connectivity index is 2.61. The molecule has 1 rings (SSSR count). The third-order valence-electron chi connectivity index (χ3n) is 2.48. The maximum absolute atomic E-state index is 9.93. The minimum atomic E-state index is -0.617. The first-order chi connectivity index (χ1) is 6.05. The van der Waals surface area contributed by atoms with Crippen LogP contribution in [0, 0.1) is 0 Å². The van der Waals surface area contributed by atoms with Gasteiger partial charge in [0.1, 0.15) is 0 Å². The summed E-state index contributed by atoms with van der Waals surface area (Å²) in [5.74, 6) is 0. The maximum atomic E-state index is 9.93. The van der Waals surface area contributed by atoms with Gasteiger partial charge in [-0.05, 0) is 13.8 Å². The zero-order valence-corrected chi connectivity index (χ0v) is 8.58. The summed E-state index contributed by atoms with van der Waals surface area (Å²) in [5, 5.41) is 13.2. The molecule has 0 aliphatic carbocycles. The molecular formula is C10H20N2O. The monoisotopic (exact) mass is 184 g/mol. The van der Waals surface area contributed by atoms with Crippen LogP contribution in [0.5, 0.6) is 0 Å². The lowest BCUT2D eigenvalue weighted by molar-refractivity contribution is 0.0303. The predicted molar refractivity (Wildman–Crippen MR) is 54.7 cm³/mol. The molecule has 1 saturated heterocycles. The van der Waals surface area contributed by atoms with Crippen molar-refractivity contribution in [2.24, 2.45) is 0 Å². The van der Waals surface area contributed by atoms with Crippen molar-refractivity contribution in [2.45, 2.75) is 25.5 Å². The second-order valence-corrected chi connectivity index (χ2v) is 4.19. The highest BCUT2D eigenvalue weighted by atomic mass is 16.3. The highest BCUT2D eigenvalue weighted by Crippen LogP contribution is 2.11. The molecule has 0 saturated carbocycles. The lowest BCUT2D eigenvalue weighted by Crippen LogP contribution is -2.44. The third-order valence-corrected chi connectivity index (χ3v) is 2.48. The topological polar surface area (TPSA) is 35.5 Å². The van der Waals surface area contributed by atoms with Crippen LogP contribution in [0.25, 0.3) is 0 Å².